The van der Waals surface area contributed by atoms with E-state index in [0.29, 0.717) is 0 Å². The predicted molar refractivity (Wildman–Crippen MR) is 53.2 cm³/mol. The Labute approximate surface area is 88.9 Å². The summed E-state index contributed by atoms with van der Waals surface area (Å²) in [6.45, 7) is 13.2. The van der Waals surface area contributed by atoms with Crippen molar-refractivity contribution < 1.29 is 15.6 Å². The zero-order valence-corrected chi connectivity index (χ0v) is 9.54. The van der Waals surface area contributed by atoms with Gasteiger partial charge in [0.1, 0.15) is 0 Å². The number of nitrogens with zero attached hydrogens (tertiary/aromatic N) is 2. The Bertz CT molecular complexity index is 217. The molecule has 79 valence electrons. The van der Waals surface area contributed by atoms with E-state index in [9.17, 15) is 0 Å². The predicted octanol–water partition coefficient (Wildman–Crippen LogP) is 1.22. The molecule has 1 rings (SSSR count). The molecule has 1 aliphatic rings. The molecule has 2 nitrogen and oxygen atoms in total. The van der Waals surface area contributed by atoms with Crippen LogP contribution < -0.4 is 0 Å². The van der Waals surface area contributed by atoms with Gasteiger partial charge in [0.15, 0.2) is 0 Å². The molecule has 0 atom stereocenters. The maximum atomic E-state index is 5.54. The van der Waals surface area contributed by atoms with Gasteiger partial charge in [-0.25, -0.2) is 0 Å². The molecular weight excluding hydrogens is 212 g/mol. The van der Waals surface area contributed by atoms with Crippen molar-refractivity contribution in [3.8, 4) is 0 Å². The Kier molecular flexibility index (Phi) is 3.47. The minimum atomic E-state index is 0.141. The molecule has 1 aliphatic heterocycles. The molecule has 1 saturated heterocycles. The van der Waals surface area contributed by atoms with Gasteiger partial charge >= 0.3 is 88.6 Å². The first-order valence-electron chi connectivity index (χ1n) is 4.59. The number of rotatable bonds is 2. The second kappa shape index (κ2) is 4.05. The van der Waals surface area contributed by atoms with E-state index in [4.69, 9.17) is 15.6 Å². The Morgan fingerprint density at radius 2 is 2.08 bits per heavy atom. The fourth-order valence-electron chi connectivity index (χ4n) is 1.46. The van der Waals surface area contributed by atoms with E-state index in [1.54, 1.807) is 0 Å². The molecule has 0 bridgehead atoms. The summed E-state index contributed by atoms with van der Waals surface area (Å²) in [7, 11) is 0. The van der Waals surface area contributed by atoms with Gasteiger partial charge in [-0.3, -0.25) is 0 Å². The van der Waals surface area contributed by atoms with Gasteiger partial charge in [-0.05, 0) is 0 Å². The third kappa shape index (κ3) is 2.50. The van der Waals surface area contributed by atoms with Crippen LogP contribution >= 0.6 is 0 Å². The fraction of sp³-hybridized carbons (Fsp3) is 0.700. The molecule has 0 spiro atoms. The van der Waals surface area contributed by atoms with Crippen LogP contribution in [0.5, 0.6) is 0 Å². The van der Waals surface area contributed by atoms with E-state index in [1.807, 2.05) is 6.08 Å². The van der Waals surface area contributed by atoms with Crippen LogP contribution in [0.1, 0.15) is 20.8 Å². The van der Waals surface area contributed by atoms with E-state index in [2.05, 4.69) is 37.1 Å². The molecule has 0 unspecified atom stereocenters. The van der Waals surface area contributed by atoms with Crippen molar-refractivity contribution in [3.63, 3.8) is 0 Å². The Balaban J connectivity index is 2.65. The van der Waals surface area contributed by atoms with Gasteiger partial charge in [0.25, 0.3) is 0 Å². The van der Waals surface area contributed by atoms with Crippen molar-refractivity contribution >= 4 is 4.67 Å². The summed E-state index contributed by atoms with van der Waals surface area (Å²) in [5, 5.41) is 0. The van der Waals surface area contributed by atoms with Gasteiger partial charge in [-0.1, -0.05) is 0 Å². The molecule has 1 heterocycles. The fourth-order valence-corrected chi connectivity index (χ4v) is 2.07. The van der Waals surface area contributed by atoms with Crippen LogP contribution in [0.2, 0.25) is 0 Å². The monoisotopic (exact) mass is 229 g/mol. The van der Waals surface area contributed by atoms with Crippen LogP contribution in [0.4, 0.5) is 0 Å². The summed E-state index contributed by atoms with van der Waals surface area (Å²) < 4.78 is 0.944. The first kappa shape index (κ1) is 11.1. The standard InChI is InChI=1S/C10H18N2.Cu/c1-5-6-11-7-8-12(9-11)10(2,3)4;/h5H,1,6-8H2,2-4H3;. The Hall–Kier alpha value is 0.0495. The summed E-state index contributed by atoms with van der Waals surface area (Å²) in [6.07, 6.45) is 1.90. The van der Waals surface area contributed by atoms with Gasteiger partial charge in [0.05, 0.1) is 0 Å². The average molecular weight is 230 g/mol. The van der Waals surface area contributed by atoms with Crippen molar-refractivity contribution in [1.29, 1.82) is 0 Å². The summed E-state index contributed by atoms with van der Waals surface area (Å²) >= 11 is 5.54. The summed E-state index contributed by atoms with van der Waals surface area (Å²) in [5.74, 6) is 0. The summed E-state index contributed by atoms with van der Waals surface area (Å²) in [4.78, 5) is 4.44. The molecule has 0 aliphatic carbocycles. The molecule has 0 N–H and O–H groups in total. The first-order chi connectivity index (χ1) is 5.96. The average Bonchev–Trinajstić information content (AvgIpc) is 2.32. The molecular formula is C10H18CuN2. The molecule has 0 aromatic carbocycles. The van der Waals surface area contributed by atoms with Crippen LogP contribution in [-0.4, -0.2) is 39.6 Å². The Morgan fingerprint density at radius 3 is 2.46 bits per heavy atom. The van der Waals surface area contributed by atoms with Crippen LogP contribution in [0.3, 0.4) is 0 Å². The van der Waals surface area contributed by atoms with Crippen LogP contribution in [0, 0.1) is 0 Å². The summed E-state index contributed by atoms with van der Waals surface area (Å²) in [5.41, 5.74) is 0.141. The zero-order valence-electron chi connectivity index (χ0n) is 8.60. The van der Waals surface area contributed by atoms with Crippen molar-refractivity contribution in [2.75, 3.05) is 19.6 Å². The third-order valence-corrected chi connectivity index (χ3v) is 2.74. The second-order valence-electron chi connectivity index (χ2n) is 4.29. The van der Waals surface area contributed by atoms with Gasteiger partial charge in [0.2, 0.25) is 0 Å². The normalized spacial score (nSPS) is 21.2. The van der Waals surface area contributed by atoms with Crippen molar-refractivity contribution in [2.24, 2.45) is 0 Å². The summed E-state index contributed by atoms with van der Waals surface area (Å²) in [6, 6.07) is 0. The van der Waals surface area contributed by atoms with E-state index in [0.717, 1.165) is 24.3 Å². The second-order valence-corrected chi connectivity index (χ2v) is 4.71. The van der Waals surface area contributed by atoms with Gasteiger partial charge in [-0.15, -0.1) is 0 Å². The van der Waals surface area contributed by atoms with Crippen molar-refractivity contribution in [1.82, 2.24) is 9.80 Å². The third-order valence-electron chi connectivity index (χ3n) is 2.19. The van der Waals surface area contributed by atoms with E-state index in [-0.39, 0.29) is 5.54 Å². The van der Waals surface area contributed by atoms with E-state index in [1.165, 1.54) is 0 Å². The quantitative estimate of drug-likeness (QED) is 0.519. The van der Waals surface area contributed by atoms with Gasteiger partial charge < -0.3 is 0 Å². The van der Waals surface area contributed by atoms with E-state index < -0.39 is 0 Å². The van der Waals surface area contributed by atoms with Crippen molar-refractivity contribution in [2.45, 2.75) is 26.3 Å². The van der Waals surface area contributed by atoms with Crippen LogP contribution in [0.15, 0.2) is 12.7 Å². The zero-order chi connectivity index (χ0) is 10.1. The van der Waals surface area contributed by atoms with E-state index >= 15 is 0 Å². The van der Waals surface area contributed by atoms with Crippen LogP contribution in [0.25, 0.3) is 0 Å². The Morgan fingerprint density at radius 1 is 1.46 bits per heavy atom. The number of hydrogen-bond acceptors (Lipinski definition) is 2. The molecule has 1 fully saturated rings. The van der Waals surface area contributed by atoms with Gasteiger partial charge in [0, 0.05) is 0 Å². The molecule has 0 aromatic rings. The van der Waals surface area contributed by atoms with Crippen molar-refractivity contribution in [3.05, 3.63) is 12.7 Å². The minimum absolute atomic E-state index is 0.141. The van der Waals surface area contributed by atoms with Crippen LogP contribution in [-0.2, 0) is 15.6 Å². The number of hydrogen-bond donors (Lipinski definition) is 0. The molecule has 0 radical (unpaired) electrons. The first-order valence-corrected chi connectivity index (χ1v) is 5.06. The SMILES string of the molecule is C=CCN1CCN(C(C)(C)C)[C]1=[Cu]. The molecule has 0 saturated carbocycles. The maximum absolute atomic E-state index is 5.54. The molecule has 0 amide bonds. The molecule has 0 aromatic heterocycles. The molecule has 3 heteroatoms. The molecule has 13 heavy (non-hydrogen) atoms. The van der Waals surface area contributed by atoms with Gasteiger partial charge in [-0.2, -0.15) is 0 Å². The topological polar surface area (TPSA) is 6.48 Å².